The molecule has 0 saturated heterocycles. The van der Waals surface area contributed by atoms with Gasteiger partial charge in [-0.1, -0.05) is 23.7 Å². The van der Waals surface area contributed by atoms with Crippen molar-refractivity contribution in [2.75, 3.05) is 0 Å². The molecular weight excluding hydrogens is 214 g/mol. The van der Waals surface area contributed by atoms with Crippen molar-refractivity contribution in [2.24, 2.45) is 0 Å². The Balaban J connectivity index is 2.22. The molecule has 3 heteroatoms. The van der Waals surface area contributed by atoms with Crippen LogP contribution >= 0.6 is 22.9 Å². The fraction of sp³-hybridized carbons (Fsp3) is 0.182. The molecule has 0 amide bonds. The highest BCUT2D eigenvalue weighted by Crippen LogP contribution is 2.19. The minimum absolute atomic E-state index is 0.840. The standard InChI is InChI=1S/C11H10ClNS/c1-8-2-3-9(5-11(8)12)4-10-6-13-7-14-10/h2-3,5-7H,4H2,1H3. The third-order valence-electron chi connectivity index (χ3n) is 2.10. The van der Waals surface area contributed by atoms with E-state index in [4.69, 9.17) is 11.6 Å². The van der Waals surface area contributed by atoms with Gasteiger partial charge in [-0.25, -0.2) is 0 Å². The third kappa shape index (κ3) is 2.14. The van der Waals surface area contributed by atoms with E-state index in [9.17, 15) is 0 Å². The van der Waals surface area contributed by atoms with Crippen molar-refractivity contribution in [1.29, 1.82) is 0 Å². The predicted octanol–water partition coefficient (Wildman–Crippen LogP) is 3.70. The Morgan fingerprint density at radius 3 is 2.93 bits per heavy atom. The molecule has 0 aliphatic rings. The molecule has 2 aromatic rings. The van der Waals surface area contributed by atoms with Crippen LogP contribution in [0.15, 0.2) is 29.9 Å². The number of benzene rings is 1. The van der Waals surface area contributed by atoms with E-state index in [0.717, 1.165) is 17.0 Å². The first-order valence-corrected chi connectivity index (χ1v) is 5.64. The summed E-state index contributed by atoms with van der Waals surface area (Å²) in [5.74, 6) is 0. The van der Waals surface area contributed by atoms with Crippen LogP contribution in [0, 0.1) is 6.92 Å². The van der Waals surface area contributed by atoms with Gasteiger partial charge in [0, 0.05) is 22.5 Å². The fourth-order valence-corrected chi connectivity index (χ4v) is 2.11. The third-order valence-corrected chi connectivity index (χ3v) is 3.28. The average Bonchev–Trinajstić information content (AvgIpc) is 2.64. The van der Waals surface area contributed by atoms with Crippen molar-refractivity contribution in [2.45, 2.75) is 13.3 Å². The Kier molecular flexibility index (Phi) is 2.85. The first kappa shape index (κ1) is 9.69. The number of hydrogen-bond donors (Lipinski definition) is 0. The molecule has 2 rings (SSSR count). The summed E-state index contributed by atoms with van der Waals surface area (Å²) in [6, 6.07) is 6.19. The minimum Gasteiger partial charge on any atom is -0.253 e. The summed E-state index contributed by atoms with van der Waals surface area (Å²) in [6.45, 7) is 2.01. The van der Waals surface area contributed by atoms with E-state index < -0.39 is 0 Å². The molecular formula is C11H10ClNS. The van der Waals surface area contributed by atoms with Crippen LogP contribution in [0.4, 0.5) is 0 Å². The highest BCUT2D eigenvalue weighted by molar-refractivity contribution is 7.09. The molecule has 72 valence electrons. The summed E-state index contributed by atoms with van der Waals surface area (Å²) in [5, 5.41) is 0.840. The number of aryl methyl sites for hydroxylation is 1. The van der Waals surface area contributed by atoms with E-state index in [2.05, 4.69) is 17.1 Å². The quantitative estimate of drug-likeness (QED) is 0.757. The van der Waals surface area contributed by atoms with Crippen LogP contribution < -0.4 is 0 Å². The predicted molar refractivity (Wildman–Crippen MR) is 61.1 cm³/mol. The summed E-state index contributed by atoms with van der Waals surface area (Å²) in [6.07, 6.45) is 2.82. The molecule has 1 aromatic carbocycles. The highest BCUT2D eigenvalue weighted by Gasteiger charge is 2.00. The maximum absolute atomic E-state index is 6.04. The molecule has 0 fully saturated rings. The monoisotopic (exact) mass is 223 g/mol. The van der Waals surface area contributed by atoms with E-state index in [1.54, 1.807) is 11.3 Å². The molecule has 0 bridgehead atoms. The number of hydrogen-bond acceptors (Lipinski definition) is 2. The molecule has 14 heavy (non-hydrogen) atoms. The topological polar surface area (TPSA) is 12.9 Å². The molecule has 1 nitrogen and oxygen atoms in total. The van der Waals surface area contributed by atoms with Crippen molar-refractivity contribution >= 4 is 22.9 Å². The second kappa shape index (κ2) is 4.11. The van der Waals surface area contributed by atoms with Gasteiger partial charge in [0.05, 0.1) is 5.51 Å². The summed E-state index contributed by atoms with van der Waals surface area (Å²) >= 11 is 7.72. The molecule has 0 aliphatic carbocycles. The van der Waals surface area contributed by atoms with Gasteiger partial charge >= 0.3 is 0 Å². The van der Waals surface area contributed by atoms with E-state index in [-0.39, 0.29) is 0 Å². The number of rotatable bonds is 2. The zero-order chi connectivity index (χ0) is 9.97. The Morgan fingerprint density at radius 1 is 1.43 bits per heavy atom. The van der Waals surface area contributed by atoms with Crippen molar-refractivity contribution in [3.63, 3.8) is 0 Å². The molecule has 0 unspecified atom stereocenters. The second-order valence-electron chi connectivity index (χ2n) is 3.23. The van der Waals surface area contributed by atoms with Crippen LogP contribution in [0.2, 0.25) is 5.02 Å². The lowest BCUT2D eigenvalue weighted by atomic mass is 10.1. The minimum atomic E-state index is 0.840. The van der Waals surface area contributed by atoms with Crippen LogP contribution in [-0.2, 0) is 6.42 Å². The van der Waals surface area contributed by atoms with Crippen LogP contribution in [0.1, 0.15) is 16.0 Å². The van der Waals surface area contributed by atoms with Gasteiger partial charge in [-0.15, -0.1) is 11.3 Å². The molecule has 0 saturated carbocycles. The zero-order valence-electron chi connectivity index (χ0n) is 7.83. The van der Waals surface area contributed by atoms with Gasteiger partial charge in [0.2, 0.25) is 0 Å². The highest BCUT2D eigenvalue weighted by atomic mass is 35.5. The van der Waals surface area contributed by atoms with Gasteiger partial charge in [0.15, 0.2) is 0 Å². The van der Waals surface area contributed by atoms with E-state index >= 15 is 0 Å². The maximum Gasteiger partial charge on any atom is 0.0794 e. The fourth-order valence-electron chi connectivity index (χ4n) is 1.28. The largest absolute Gasteiger partial charge is 0.253 e. The summed E-state index contributed by atoms with van der Waals surface area (Å²) in [4.78, 5) is 5.31. The van der Waals surface area contributed by atoms with Gasteiger partial charge in [-0.05, 0) is 24.1 Å². The molecule has 0 N–H and O–H groups in total. The Hall–Kier alpha value is -0.860. The molecule has 0 radical (unpaired) electrons. The Morgan fingerprint density at radius 2 is 2.29 bits per heavy atom. The lowest BCUT2D eigenvalue weighted by Crippen LogP contribution is -1.85. The zero-order valence-corrected chi connectivity index (χ0v) is 9.40. The van der Waals surface area contributed by atoms with Crippen molar-refractivity contribution < 1.29 is 0 Å². The van der Waals surface area contributed by atoms with Gasteiger partial charge in [-0.3, -0.25) is 4.98 Å². The lowest BCUT2D eigenvalue weighted by Gasteiger charge is -2.01. The average molecular weight is 224 g/mol. The summed E-state index contributed by atoms with van der Waals surface area (Å²) in [7, 11) is 0. The molecule has 1 aromatic heterocycles. The SMILES string of the molecule is Cc1ccc(Cc2cncs2)cc1Cl. The molecule has 0 aliphatic heterocycles. The maximum atomic E-state index is 6.04. The van der Waals surface area contributed by atoms with Crippen LogP contribution in [0.25, 0.3) is 0 Å². The van der Waals surface area contributed by atoms with Crippen molar-refractivity contribution in [3.8, 4) is 0 Å². The van der Waals surface area contributed by atoms with Crippen molar-refractivity contribution in [1.82, 2.24) is 4.98 Å². The molecule has 1 heterocycles. The Bertz CT molecular complexity index is 423. The molecule has 0 atom stereocenters. The lowest BCUT2D eigenvalue weighted by molar-refractivity contribution is 1.21. The number of halogens is 1. The van der Waals surface area contributed by atoms with Gasteiger partial charge < -0.3 is 0 Å². The number of nitrogens with zero attached hydrogens (tertiary/aromatic N) is 1. The van der Waals surface area contributed by atoms with E-state index in [1.807, 2.05) is 24.7 Å². The molecule has 0 spiro atoms. The second-order valence-corrected chi connectivity index (χ2v) is 4.61. The number of aromatic nitrogens is 1. The van der Waals surface area contributed by atoms with Crippen molar-refractivity contribution in [3.05, 3.63) is 50.9 Å². The number of thiazole rings is 1. The van der Waals surface area contributed by atoms with Gasteiger partial charge in [0.25, 0.3) is 0 Å². The normalized spacial score (nSPS) is 10.4. The first-order valence-electron chi connectivity index (χ1n) is 4.38. The van der Waals surface area contributed by atoms with Crippen LogP contribution in [-0.4, -0.2) is 4.98 Å². The van der Waals surface area contributed by atoms with E-state index in [0.29, 0.717) is 0 Å². The van der Waals surface area contributed by atoms with Crippen LogP contribution in [0.3, 0.4) is 0 Å². The summed E-state index contributed by atoms with van der Waals surface area (Å²) in [5.41, 5.74) is 4.22. The first-order chi connectivity index (χ1) is 6.75. The van der Waals surface area contributed by atoms with Gasteiger partial charge in [0.1, 0.15) is 0 Å². The smallest absolute Gasteiger partial charge is 0.0794 e. The van der Waals surface area contributed by atoms with E-state index in [1.165, 1.54) is 10.4 Å². The Labute approximate surface area is 92.4 Å². The van der Waals surface area contributed by atoms with Gasteiger partial charge in [-0.2, -0.15) is 0 Å². The van der Waals surface area contributed by atoms with Crippen LogP contribution in [0.5, 0.6) is 0 Å². The summed E-state index contributed by atoms with van der Waals surface area (Å²) < 4.78 is 0.